The number of fused-ring (bicyclic) bond motifs is 1. The van der Waals surface area contributed by atoms with Gasteiger partial charge in [-0.1, -0.05) is 67.4 Å². The molecule has 0 amide bonds. The first-order valence-electron chi connectivity index (χ1n) is 10.2. The summed E-state index contributed by atoms with van der Waals surface area (Å²) in [6, 6.07) is 21.2. The maximum absolute atomic E-state index is 2.84. The zero-order chi connectivity index (χ0) is 16.7. The summed E-state index contributed by atoms with van der Waals surface area (Å²) < 4.78 is 0. The maximum atomic E-state index is 2.84. The van der Waals surface area contributed by atoms with E-state index in [0.717, 1.165) is 12.0 Å². The van der Waals surface area contributed by atoms with E-state index in [1.807, 2.05) is 0 Å². The standard InChI is InChI=1S/C24H29N/c1-2-8-19(9-3-1)13-16-25-17-15-24-14-7-6-12-22(24)23(25)18-20-10-4-5-11-21(20)24/h1-5,8-11,22-23H,6-7,12-18H2/t22-,23+,24-/m0/s1. The quantitative estimate of drug-likeness (QED) is 0.766. The first-order valence-corrected chi connectivity index (χ1v) is 10.2. The van der Waals surface area contributed by atoms with Crippen molar-refractivity contribution in [1.82, 2.24) is 4.90 Å². The van der Waals surface area contributed by atoms with Gasteiger partial charge < -0.3 is 0 Å². The molecule has 0 radical (unpaired) electrons. The molecule has 1 saturated heterocycles. The van der Waals surface area contributed by atoms with Gasteiger partial charge in [0.15, 0.2) is 0 Å². The average molecular weight is 332 g/mol. The Morgan fingerprint density at radius 3 is 2.68 bits per heavy atom. The van der Waals surface area contributed by atoms with Crippen molar-refractivity contribution in [2.24, 2.45) is 5.92 Å². The second kappa shape index (κ2) is 6.29. The minimum Gasteiger partial charge on any atom is -0.299 e. The summed E-state index contributed by atoms with van der Waals surface area (Å²) in [5.74, 6) is 0.890. The van der Waals surface area contributed by atoms with Gasteiger partial charge in [-0.05, 0) is 61.3 Å². The van der Waals surface area contributed by atoms with Gasteiger partial charge in [-0.15, -0.1) is 0 Å². The lowest BCUT2D eigenvalue weighted by atomic mass is 9.52. The maximum Gasteiger partial charge on any atom is 0.0173 e. The highest BCUT2D eigenvalue weighted by Crippen LogP contribution is 2.55. The Morgan fingerprint density at radius 2 is 1.76 bits per heavy atom. The van der Waals surface area contributed by atoms with Crippen molar-refractivity contribution in [2.45, 2.75) is 56.4 Å². The van der Waals surface area contributed by atoms with Gasteiger partial charge >= 0.3 is 0 Å². The molecule has 1 saturated carbocycles. The van der Waals surface area contributed by atoms with Gasteiger partial charge in [0.05, 0.1) is 0 Å². The molecule has 2 aliphatic carbocycles. The third-order valence-corrected chi connectivity index (χ3v) is 7.39. The van der Waals surface area contributed by atoms with Gasteiger partial charge in [-0.3, -0.25) is 4.90 Å². The van der Waals surface area contributed by atoms with Crippen molar-refractivity contribution in [1.29, 1.82) is 0 Å². The van der Waals surface area contributed by atoms with Crippen LogP contribution in [0.2, 0.25) is 0 Å². The number of likely N-dealkylation sites (tertiary alicyclic amines) is 1. The van der Waals surface area contributed by atoms with E-state index in [1.54, 1.807) is 11.1 Å². The normalized spacial score (nSPS) is 31.2. The van der Waals surface area contributed by atoms with Crippen LogP contribution in [-0.4, -0.2) is 24.0 Å². The molecule has 2 fully saturated rings. The third kappa shape index (κ3) is 2.56. The van der Waals surface area contributed by atoms with E-state index in [-0.39, 0.29) is 0 Å². The van der Waals surface area contributed by atoms with E-state index in [2.05, 4.69) is 59.5 Å². The molecule has 1 nitrogen and oxygen atoms in total. The molecule has 2 aromatic carbocycles. The Hall–Kier alpha value is -1.60. The van der Waals surface area contributed by atoms with Crippen LogP contribution in [0.4, 0.5) is 0 Å². The molecule has 0 unspecified atom stereocenters. The molecule has 2 aromatic rings. The molecule has 0 spiro atoms. The molecule has 130 valence electrons. The van der Waals surface area contributed by atoms with Gasteiger partial charge in [-0.2, -0.15) is 0 Å². The van der Waals surface area contributed by atoms with Crippen LogP contribution < -0.4 is 0 Å². The van der Waals surface area contributed by atoms with Gasteiger partial charge in [0, 0.05) is 18.0 Å². The summed E-state index contributed by atoms with van der Waals surface area (Å²) in [7, 11) is 0. The second-order valence-electron chi connectivity index (χ2n) is 8.46. The highest BCUT2D eigenvalue weighted by Gasteiger charge is 2.53. The molecule has 1 heteroatoms. The lowest BCUT2D eigenvalue weighted by Gasteiger charge is -2.59. The fraction of sp³-hybridized carbons (Fsp3) is 0.500. The molecule has 2 bridgehead atoms. The fourth-order valence-corrected chi connectivity index (χ4v) is 6.25. The lowest BCUT2D eigenvalue weighted by Crippen LogP contribution is -2.61. The Kier molecular flexibility index (Phi) is 3.93. The van der Waals surface area contributed by atoms with Crippen molar-refractivity contribution in [3.05, 3.63) is 71.3 Å². The Bertz CT molecular complexity index is 737. The largest absolute Gasteiger partial charge is 0.299 e. The Balaban J connectivity index is 1.43. The van der Waals surface area contributed by atoms with E-state index < -0.39 is 0 Å². The summed E-state index contributed by atoms with van der Waals surface area (Å²) in [5, 5.41) is 0. The molecular formula is C24H29N. The second-order valence-corrected chi connectivity index (χ2v) is 8.46. The van der Waals surface area contributed by atoms with E-state index in [0.29, 0.717) is 5.41 Å². The Morgan fingerprint density at radius 1 is 0.920 bits per heavy atom. The van der Waals surface area contributed by atoms with Gasteiger partial charge in [0.2, 0.25) is 0 Å². The predicted molar refractivity (Wildman–Crippen MR) is 104 cm³/mol. The number of benzene rings is 2. The van der Waals surface area contributed by atoms with Crippen molar-refractivity contribution in [2.75, 3.05) is 13.1 Å². The van der Waals surface area contributed by atoms with Crippen molar-refractivity contribution >= 4 is 0 Å². The van der Waals surface area contributed by atoms with E-state index >= 15 is 0 Å². The van der Waals surface area contributed by atoms with Gasteiger partial charge in [-0.25, -0.2) is 0 Å². The summed E-state index contributed by atoms with van der Waals surface area (Å²) in [4.78, 5) is 2.84. The van der Waals surface area contributed by atoms with E-state index in [4.69, 9.17) is 0 Å². The average Bonchev–Trinajstić information content (AvgIpc) is 2.68. The zero-order valence-corrected chi connectivity index (χ0v) is 15.2. The Labute approximate surface area is 152 Å². The fourth-order valence-electron chi connectivity index (χ4n) is 6.25. The molecule has 1 heterocycles. The summed E-state index contributed by atoms with van der Waals surface area (Å²) >= 11 is 0. The van der Waals surface area contributed by atoms with Crippen LogP contribution in [0.5, 0.6) is 0 Å². The monoisotopic (exact) mass is 331 g/mol. The van der Waals surface area contributed by atoms with E-state index in [1.165, 1.54) is 63.6 Å². The molecule has 5 rings (SSSR count). The zero-order valence-electron chi connectivity index (χ0n) is 15.2. The lowest BCUT2D eigenvalue weighted by molar-refractivity contribution is -0.0105. The highest BCUT2D eigenvalue weighted by molar-refractivity contribution is 5.41. The van der Waals surface area contributed by atoms with Crippen LogP contribution in [0.15, 0.2) is 54.6 Å². The van der Waals surface area contributed by atoms with Crippen LogP contribution in [0, 0.1) is 5.92 Å². The first kappa shape index (κ1) is 15.6. The number of hydrogen-bond donors (Lipinski definition) is 0. The van der Waals surface area contributed by atoms with Gasteiger partial charge in [0.25, 0.3) is 0 Å². The molecule has 25 heavy (non-hydrogen) atoms. The minimum atomic E-state index is 0.501. The topological polar surface area (TPSA) is 3.24 Å². The number of hydrogen-bond acceptors (Lipinski definition) is 1. The van der Waals surface area contributed by atoms with Gasteiger partial charge in [0.1, 0.15) is 0 Å². The first-order chi connectivity index (χ1) is 12.4. The molecule has 1 aliphatic heterocycles. The molecule has 3 atom stereocenters. The molecule has 0 aromatic heterocycles. The van der Waals surface area contributed by atoms with Crippen molar-refractivity contribution in [3.63, 3.8) is 0 Å². The SMILES string of the molecule is c1ccc(CCN2CC[C@]34CCCC[C@H]3[C@H]2Cc2ccccc24)cc1. The summed E-state index contributed by atoms with van der Waals surface area (Å²) in [5.41, 5.74) is 5.36. The molecule has 3 aliphatic rings. The van der Waals surface area contributed by atoms with Crippen molar-refractivity contribution in [3.8, 4) is 0 Å². The summed E-state index contributed by atoms with van der Waals surface area (Å²) in [6.45, 7) is 2.52. The smallest absolute Gasteiger partial charge is 0.0173 e. The number of rotatable bonds is 3. The third-order valence-electron chi connectivity index (χ3n) is 7.39. The highest BCUT2D eigenvalue weighted by atomic mass is 15.2. The summed E-state index contributed by atoms with van der Waals surface area (Å²) in [6.07, 6.45) is 9.59. The van der Waals surface area contributed by atoms with Crippen LogP contribution in [-0.2, 0) is 18.3 Å². The number of piperidine rings is 1. The number of nitrogens with zero attached hydrogens (tertiary/aromatic N) is 1. The van der Waals surface area contributed by atoms with Crippen LogP contribution >= 0.6 is 0 Å². The van der Waals surface area contributed by atoms with Crippen LogP contribution in [0.25, 0.3) is 0 Å². The van der Waals surface area contributed by atoms with E-state index in [9.17, 15) is 0 Å². The van der Waals surface area contributed by atoms with Crippen molar-refractivity contribution < 1.29 is 0 Å². The van der Waals surface area contributed by atoms with Crippen LogP contribution in [0.3, 0.4) is 0 Å². The molecular weight excluding hydrogens is 302 g/mol. The molecule has 0 N–H and O–H groups in total. The minimum absolute atomic E-state index is 0.501. The van der Waals surface area contributed by atoms with Crippen LogP contribution in [0.1, 0.15) is 48.8 Å². The predicted octanol–water partition coefficient (Wildman–Crippen LogP) is 4.99.